The van der Waals surface area contributed by atoms with Gasteiger partial charge in [-0.25, -0.2) is 19.6 Å². The first-order valence-corrected chi connectivity index (χ1v) is 9.02. The number of fused-ring (bicyclic) bond motifs is 1. The molecule has 0 bridgehead atoms. The number of nitrogens with one attached hydrogen (secondary N) is 1. The SMILES string of the molecule is CC(=O)Nc1cc2c(cn1)c(-c1cn(C)nc1C)nn2-c1ccnc(C(C)(F)F)n1. The molecule has 4 rings (SSSR count). The van der Waals surface area contributed by atoms with Crippen molar-refractivity contribution in [3.8, 4) is 17.1 Å². The number of hydrogen-bond donors (Lipinski definition) is 1. The third kappa shape index (κ3) is 3.49. The molecule has 11 heteroatoms. The van der Waals surface area contributed by atoms with Gasteiger partial charge < -0.3 is 5.32 Å². The Morgan fingerprint density at radius 1 is 1.23 bits per heavy atom. The summed E-state index contributed by atoms with van der Waals surface area (Å²) in [5, 5.41) is 12.2. The maximum atomic E-state index is 13.8. The zero-order chi connectivity index (χ0) is 21.6. The van der Waals surface area contributed by atoms with Gasteiger partial charge in [-0.3, -0.25) is 9.48 Å². The summed E-state index contributed by atoms with van der Waals surface area (Å²) < 4.78 is 30.6. The number of pyridine rings is 1. The summed E-state index contributed by atoms with van der Waals surface area (Å²) in [5.74, 6) is -3.63. The van der Waals surface area contributed by atoms with Crippen LogP contribution < -0.4 is 5.32 Å². The van der Waals surface area contributed by atoms with Crippen LogP contribution in [0.5, 0.6) is 0 Å². The molecule has 0 aliphatic carbocycles. The molecule has 0 spiro atoms. The smallest absolute Gasteiger partial charge is 0.303 e. The summed E-state index contributed by atoms with van der Waals surface area (Å²) in [6.45, 7) is 3.95. The number of aryl methyl sites for hydroxylation is 2. The van der Waals surface area contributed by atoms with E-state index >= 15 is 0 Å². The lowest BCUT2D eigenvalue weighted by molar-refractivity contribution is -0.114. The second-order valence-electron chi connectivity index (χ2n) is 6.96. The van der Waals surface area contributed by atoms with Gasteiger partial charge in [0.2, 0.25) is 11.7 Å². The zero-order valence-corrected chi connectivity index (χ0v) is 16.7. The topological polar surface area (TPSA) is 103 Å². The molecule has 4 heterocycles. The van der Waals surface area contributed by atoms with E-state index in [9.17, 15) is 13.6 Å². The van der Waals surface area contributed by atoms with E-state index in [1.165, 1.54) is 23.9 Å². The van der Waals surface area contributed by atoms with Crippen molar-refractivity contribution < 1.29 is 13.6 Å². The van der Waals surface area contributed by atoms with Gasteiger partial charge >= 0.3 is 5.92 Å². The number of halogens is 2. The molecule has 0 fully saturated rings. The number of hydrogen-bond acceptors (Lipinski definition) is 6. The molecule has 0 radical (unpaired) electrons. The summed E-state index contributed by atoms with van der Waals surface area (Å²) in [7, 11) is 1.79. The summed E-state index contributed by atoms with van der Waals surface area (Å²) >= 11 is 0. The van der Waals surface area contributed by atoms with E-state index < -0.39 is 11.7 Å². The Labute approximate surface area is 169 Å². The van der Waals surface area contributed by atoms with E-state index in [0.29, 0.717) is 22.4 Å². The van der Waals surface area contributed by atoms with Crippen molar-refractivity contribution in [3.63, 3.8) is 0 Å². The van der Waals surface area contributed by atoms with E-state index in [-0.39, 0.29) is 11.7 Å². The lowest BCUT2D eigenvalue weighted by Crippen LogP contribution is -2.14. The van der Waals surface area contributed by atoms with Gasteiger partial charge in [-0.1, -0.05) is 0 Å². The molecular weight excluding hydrogens is 394 g/mol. The highest BCUT2D eigenvalue weighted by Gasteiger charge is 2.29. The highest BCUT2D eigenvalue weighted by Crippen LogP contribution is 2.32. The maximum Gasteiger partial charge on any atom is 0.303 e. The number of carbonyl (C=O) groups excluding carboxylic acids is 1. The summed E-state index contributed by atoms with van der Waals surface area (Å²) in [5.41, 5.74) is 2.63. The number of rotatable bonds is 4. The van der Waals surface area contributed by atoms with Gasteiger partial charge in [-0.15, -0.1) is 0 Å². The quantitative estimate of drug-likeness (QED) is 0.553. The molecule has 0 aliphatic heterocycles. The highest BCUT2D eigenvalue weighted by molar-refractivity contribution is 5.97. The molecule has 30 heavy (non-hydrogen) atoms. The zero-order valence-electron chi connectivity index (χ0n) is 16.7. The van der Waals surface area contributed by atoms with E-state index in [4.69, 9.17) is 0 Å². The maximum absolute atomic E-state index is 13.8. The van der Waals surface area contributed by atoms with Crippen LogP contribution in [0.15, 0.2) is 30.7 Å². The first-order valence-electron chi connectivity index (χ1n) is 9.02. The minimum atomic E-state index is -3.20. The number of alkyl halides is 2. The third-order valence-corrected chi connectivity index (χ3v) is 4.39. The van der Waals surface area contributed by atoms with Crippen molar-refractivity contribution in [1.82, 2.24) is 34.5 Å². The van der Waals surface area contributed by atoms with E-state index in [1.54, 1.807) is 24.0 Å². The normalized spacial score (nSPS) is 11.8. The molecule has 4 aromatic rings. The molecule has 0 saturated carbocycles. The number of carbonyl (C=O) groups is 1. The molecule has 0 atom stereocenters. The lowest BCUT2D eigenvalue weighted by atomic mass is 10.1. The molecular formula is C19H18F2N8O. The molecule has 0 aromatic carbocycles. The standard InChI is InChI=1S/C19H18F2N8O/c1-10-13(9-28(4)26-10)17-12-8-23-15(24-11(2)30)7-14(12)29(27-17)16-5-6-22-18(25-16)19(3,20)21/h5-9H,1-4H3,(H,23,24,30). The first kappa shape index (κ1) is 19.6. The van der Waals surface area contributed by atoms with Gasteiger partial charge in [0.25, 0.3) is 0 Å². The molecule has 4 aromatic heterocycles. The summed E-state index contributed by atoms with van der Waals surface area (Å²) in [6.07, 6.45) is 4.64. The van der Waals surface area contributed by atoms with Crippen molar-refractivity contribution in [1.29, 1.82) is 0 Å². The van der Waals surface area contributed by atoms with Crippen LogP contribution in [0, 0.1) is 6.92 Å². The van der Waals surface area contributed by atoms with Crippen LogP contribution in [-0.2, 0) is 17.8 Å². The average molecular weight is 412 g/mol. The predicted octanol–water partition coefficient (Wildman–Crippen LogP) is 2.99. The predicted molar refractivity (Wildman–Crippen MR) is 105 cm³/mol. The summed E-state index contributed by atoms with van der Waals surface area (Å²) in [6, 6.07) is 3.10. The lowest BCUT2D eigenvalue weighted by Gasteiger charge is -2.10. The molecule has 0 saturated heterocycles. The fourth-order valence-electron chi connectivity index (χ4n) is 3.14. The van der Waals surface area contributed by atoms with Crippen LogP contribution in [0.1, 0.15) is 25.4 Å². The van der Waals surface area contributed by atoms with Crippen LogP contribution >= 0.6 is 0 Å². The molecule has 0 unspecified atom stereocenters. The van der Waals surface area contributed by atoms with Crippen LogP contribution in [0.2, 0.25) is 0 Å². The number of aromatic nitrogens is 7. The van der Waals surface area contributed by atoms with Gasteiger partial charge in [0.15, 0.2) is 5.82 Å². The highest BCUT2D eigenvalue weighted by atomic mass is 19.3. The Morgan fingerprint density at radius 3 is 2.63 bits per heavy atom. The molecule has 1 amide bonds. The van der Waals surface area contributed by atoms with E-state index in [1.807, 2.05) is 13.1 Å². The minimum absolute atomic E-state index is 0.166. The Kier molecular flexibility index (Phi) is 4.52. The second-order valence-corrected chi connectivity index (χ2v) is 6.96. The van der Waals surface area contributed by atoms with Crippen LogP contribution in [0.3, 0.4) is 0 Å². The number of anilines is 1. The monoisotopic (exact) mass is 412 g/mol. The Hall–Kier alpha value is -3.76. The molecule has 154 valence electrons. The average Bonchev–Trinajstić information content (AvgIpc) is 3.19. The van der Waals surface area contributed by atoms with E-state index in [0.717, 1.165) is 18.2 Å². The van der Waals surface area contributed by atoms with Gasteiger partial charge in [0, 0.05) is 62.6 Å². The molecule has 9 nitrogen and oxygen atoms in total. The second kappa shape index (κ2) is 6.94. The van der Waals surface area contributed by atoms with Crippen molar-refractivity contribution in [3.05, 3.63) is 42.2 Å². The van der Waals surface area contributed by atoms with Gasteiger partial charge in [0.1, 0.15) is 11.5 Å². The van der Waals surface area contributed by atoms with Crippen molar-refractivity contribution in [2.45, 2.75) is 26.7 Å². The van der Waals surface area contributed by atoms with Crippen LogP contribution in [0.25, 0.3) is 28.0 Å². The van der Waals surface area contributed by atoms with Crippen molar-refractivity contribution >= 4 is 22.6 Å². The fraction of sp³-hybridized carbons (Fsp3) is 0.263. The third-order valence-electron chi connectivity index (χ3n) is 4.39. The number of nitrogens with zero attached hydrogens (tertiary/aromatic N) is 7. The van der Waals surface area contributed by atoms with Gasteiger partial charge in [-0.05, 0) is 6.92 Å². The fourth-order valence-corrected chi connectivity index (χ4v) is 3.14. The summed E-state index contributed by atoms with van der Waals surface area (Å²) in [4.78, 5) is 23.4. The minimum Gasteiger partial charge on any atom is -0.311 e. The van der Waals surface area contributed by atoms with Crippen LogP contribution in [0.4, 0.5) is 14.6 Å². The number of amides is 1. The Bertz CT molecular complexity index is 1270. The first-order chi connectivity index (χ1) is 14.1. The van der Waals surface area contributed by atoms with Crippen molar-refractivity contribution in [2.75, 3.05) is 5.32 Å². The van der Waals surface area contributed by atoms with Crippen LogP contribution in [-0.4, -0.2) is 40.4 Å². The largest absolute Gasteiger partial charge is 0.311 e. The van der Waals surface area contributed by atoms with Gasteiger partial charge in [-0.2, -0.15) is 19.0 Å². The molecule has 1 N–H and O–H groups in total. The van der Waals surface area contributed by atoms with E-state index in [2.05, 4.69) is 30.5 Å². The Morgan fingerprint density at radius 2 is 2.00 bits per heavy atom. The Balaban J connectivity index is 1.98. The molecule has 0 aliphatic rings. The van der Waals surface area contributed by atoms with Gasteiger partial charge in [0.05, 0.1) is 11.2 Å². The van der Waals surface area contributed by atoms with Crippen molar-refractivity contribution in [2.24, 2.45) is 7.05 Å².